The molecule has 0 saturated heterocycles. The Balaban J connectivity index is 1.92. The minimum Gasteiger partial charge on any atom is -0.489 e. The summed E-state index contributed by atoms with van der Waals surface area (Å²) in [7, 11) is 0. The van der Waals surface area contributed by atoms with E-state index in [2.05, 4.69) is 24.4 Å². The van der Waals surface area contributed by atoms with E-state index in [0.717, 1.165) is 22.6 Å². The second kappa shape index (κ2) is 10.1. The van der Waals surface area contributed by atoms with E-state index in [1.54, 1.807) is 11.8 Å². The van der Waals surface area contributed by atoms with Crippen molar-refractivity contribution in [2.45, 2.75) is 32.5 Å². The fraction of sp³-hybridized carbons (Fsp3) is 0.350. The van der Waals surface area contributed by atoms with Crippen LogP contribution in [0.3, 0.4) is 0 Å². The minimum absolute atomic E-state index is 0.507. The number of aryl methyl sites for hydroxylation is 1. The summed E-state index contributed by atoms with van der Waals surface area (Å²) in [4.78, 5) is 11.3. The summed E-state index contributed by atoms with van der Waals surface area (Å²) in [6.45, 7) is 3.10. The first-order chi connectivity index (χ1) is 12.1. The molecule has 0 aliphatic heterocycles. The van der Waals surface area contributed by atoms with Gasteiger partial charge in [-0.3, -0.25) is 4.79 Å². The smallest absolute Gasteiger partial charge is 0.320 e. The molecule has 0 bridgehead atoms. The van der Waals surface area contributed by atoms with Gasteiger partial charge in [-0.2, -0.15) is 11.8 Å². The largest absolute Gasteiger partial charge is 0.489 e. The molecule has 1 atom stereocenters. The Labute approximate surface area is 153 Å². The number of ether oxygens (including phenoxy) is 1. The van der Waals surface area contributed by atoms with Gasteiger partial charge in [-0.05, 0) is 54.2 Å². The summed E-state index contributed by atoms with van der Waals surface area (Å²) in [5, 5.41) is 12.4. The molecule has 25 heavy (non-hydrogen) atoms. The first kappa shape index (κ1) is 19.3. The van der Waals surface area contributed by atoms with Crippen molar-refractivity contribution in [1.82, 2.24) is 5.32 Å². The van der Waals surface area contributed by atoms with E-state index < -0.39 is 12.0 Å². The average Bonchev–Trinajstić information content (AvgIpc) is 2.61. The molecule has 0 radical (unpaired) electrons. The van der Waals surface area contributed by atoms with E-state index >= 15 is 0 Å². The summed E-state index contributed by atoms with van der Waals surface area (Å²) in [5.74, 6) is 0.809. The van der Waals surface area contributed by atoms with E-state index in [1.807, 2.05) is 42.7 Å². The predicted molar refractivity (Wildman–Crippen MR) is 103 cm³/mol. The van der Waals surface area contributed by atoms with E-state index in [0.29, 0.717) is 19.6 Å². The van der Waals surface area contributed by atoms with E-state index in [9.17, 15) is 9.90 Å². The number of carboxylic acids is 1. The molecule has 0 amide bonds. The lowest BCUT2D eigenvalue weighted by Gasteiger charge is -2.14. The van der Waals surface area contributed by atoms with Gasteiger partial charge in [0, 0.05) is 6.54 Å². The Morgan fingerprint density at radius 2 is 2.04 bits per heavy atom. The van der Waals surface area contributed by atoms with Crippen molar-refractivity contribution in [3.63, 3.8) is 0 Å². The summed E-state index contributed by atoms with van der Waals surface area (Å²) >= 11 is 1.65. The number of hydrogen-bond donors (Lipinski definition) is 2. The summed E-state index contributed by atoms with van der Waals surface area (Å²) in [6, 6.07) is 15.4. The second-order valence-corrected chi connectivity index (χ2v) is 6.90. The number of rotatable bonds is 10. The Bertz CT molecular complexity index is 690. The molecule has 1 unspecified atom stereocenters. The molecule has 0 fully saturated rings. The van der Waals surface area contributed by atoms with E-state index in [-0.39, 0.29) is 0 Å². The average molecular weight is 359 g/mol. The summed E-state index contributed by atoms with van der Waals surface area (Å²) in [5.41, 5.74) is 3.38. The van der Waals surface area contributed by atoms with Crippen LogP contribution in [0.2, 0.25) is 0 Å². The molecule has 0 heterocycles. The van der Waals surface area contributed by atoms with Crippen LogP contribution in [0.15, 0.2) is 48.5 Å². The minimum atomic E-state index is -0.805. The van der Waals surface area contributed by atoms with Gasteiger partial charge in [0.25, 0.3) is 0 Å². The summed E-state index contributed by atoms with van der Waals surface area (Å²) < 4.78 is 5.89. The third kappa shape index (κ3) is 6.44. The number of carboxylic acid groups (broad SMARTS) is 1. The van der Waals surface area contributed by atoms with Crippen LogP contribution in [0.25, 0.3) is 0 Å². The maximum atomic E-state index is 11.3. The molecular formula is C20H25NO3S. The summed E-state index contributed by atoms with van der Waals surface area (Å²) in [6.07, 6.45) is 2.59. The van der Waals surface area contributed by atoms with Gasteiger partial charge in [0.2, 0.25) is 0 Å². The molecule has 5 heteroatoms. The van der Waals surface area contributed by atoms with Crippen LogP contribution in [0.4, 0.5) is 0 Å². The fourth-order valence-electron chi connectivity index (χ4n) is 2.47. The lowest BCUT2D eigenvalue weighted by molar-refractivity contribution is -0.139. The zero-order chi connectivity index (χ0) is 18.1. The first-order valence-corrected chi connectivity index (χ1v) is 9.71. The molecule has 0 aromatic heterocycles. The highest BCUT2D eigenvalue weighted by Crippen LogP contribution is 2.17. The highest BCUT2D eigenvalue weighted by molar-refractivity contribution is 7.98. The van der Waals surface area contributed by atoms with Gasteiger partial charge in [-0.1, -0.05) is 36.4 Å². The second-order valence-electron chi connectivity index (χ2n) is 5.92. The number of nitrogens with one attached hydrogen (secondary N) is 1. The highest BCUT2D eigenvalue weighted by atomic mass is 32.2. The molecule has 2 aromatic rings. The number of aliphatic carboxylic acids is 1. The molecule has 0 saturated carbocycles. The number of benzene rings is 2. The molecule has 0 aliphatic carbocycles. The molecule has 0 aliphatic rings. The molecule has 2 N–H and O–H groups in total. The van der Waals surface area contributed by atoms with E-state index in [4.69, 9.17) is 4.74 Å². The zero-order valence-electron chi connectivity index (χ0n) is 14.7. The lowest BCUT2D eigenvalue weighted by atomic mass is 10.1. The maximum absolute atomic E-state index is 11.3. The van der Waals surface area contributed by atoms with Gasteiger partial charge in [-0.25, -0.2) is 0 Å². The van der Waals surface area contributed by atoms with Crippen molar-refractivity contribution >= 4 is 17.7 Å². The molecule has 4 nitrogen and oxygen atoms in total. The van der Waals surface area contributed by atoms with Crippen molar-refractivity contribution in [3.05, 3.63) is 65.2 Å². The van der Waals surface area contributed by atoms with Gasteiger partial charge >= 0.3 is 5.97 Å². The SMILES string of the molecule is CSCCC(NCc1cccc(OCc2ccccc2C)c1)C(=O)O. The van der Waals surface area contributed by atoms with Crippen molar-refractivity contribution < 1.29 is 14.6 Å². The monoisotopic (exact) mass is 359 g/mol. The maximum Gasteiger partial charge on any atom is 0.320 e. The molecule has 0 spiro atoms. The van der Waals surface area contributed by atoms with Gasteiger partial charge in [0.15, 0.2) is 0 Å². The number of thioether (sulfide) groups is 1. The Hall–Kier alpha value is -1.98. The van der Waals surface area contributed by atoms with Gasteiger partial charge in [-0.15, -0.1) is 0 Å². The Kier molecular flexibility index (Phi) is 7.82. The Morgan fingerprint density at radius 1 is 1.24 bits per heavy atom. The van der Waals surface area contributed by atoms with Crippen LogP contribution >= 0.6 is 11.8 Å². The van der Waals surface area contributed by atoms with Crippen LogP contribution in [0.1, 0.15) is 23.1 Å². The molecule has 134 valence electrons. The molecule has 2 rings (SSSR count). The van der Waals surface area contributed by atoms with Crippen molar-refractivity contribution in [3.8, 4) is 5.75 Å². The standard InChI is InChI=1S/C20H25NO3S/c1-15-6-3-4-8-17(15)14-24-18-9-5-7-16(12-18)13-21-19(20(22)23)10-11-25-2/h3-9,12,19,21H,10-11,13-14H2,1-2H3,(H,22,23). The molecular weight excluding hydrogens is 334 g/mol. The van der Waals surface area contributed by atoms with Crippen LogP contribution in [0.5, 0.6) is 5.75 Å². The van der Waals surface area contributed by atoms with Crippen molar-refractivity contribution in [2.75, 3.05) is 12.0 Å². The van der Waals surface area contributed by atoms with Crippen LogP contribution in [-0.2, 0) is 17.9 Å². The molecule has 2 aromatic carbocycles. The normalized spacial score (nSPS) is 11.9. The van der Waals surface area contributed by atoms with Crippen LogP contribution in [-0.4, -0.2) is 29.1 Å². The highest BCUT2D eigenvalue weighted by Gasteiger charge is 2.15. The van der Waals surface area contributed by atoms with Crippen LogP contribution < -0.4 is 10.1 Å². The van der Waals surface area contributed by atoms with Crippen molar-refractivity contribution in [1.29, 1.82) is 0 Å². The third-order valence-electron chi connectivity index (χ3n) is 4.02. The van der Waals surface area contributed by atoms with E-state index in [1.165, 1.54) is 5.56 Å². The Morgan fingerprint density at radius 3 is 2.76 bits per heavy atom. The van der Waals surface area contributed by atoms with Gasteiger partial charge < -0.3 is 15.2 Å². The third-order valence-corrected chi connectivity index (χ3v) is 4.66. The topological polar surface area (TPSA) is 58.6 Å². The van der Waals surface area contributed by atoms with Gasteiger partial charge in [0.05, 0.1) is 0 Å². The first-order valence-electron chi connectivity index (χ1n) is 8.31. The quantitative estimate of drug-likeness (QED) is 0.674. The number of hydrogen-bond acceptors (Lipinski definition) is 4. The van der Waals surface area contributed by atoms with Crippen molar-refractivity contribution in [2.24, 2.45) is 0 Å². The lowest BCUT2D eigenvalue weighted by Crippen LogP contribution is -2.36. The predicted octanol–water partition coefficient (Wildman–Crippen LogP) is 3.87. The van der Waals surface area contributed by atoms with Crippen LogP contribution in [0, 0.1) is 6.92 Å². The zero-order valence-corrected chi connectivity index (χ0v) is 15.5. The fourth-order valence-corrected chi connectivity index (χ4v) is 2.94. The number of carbonyl (C=O) groups is 1. The van der Waals surface area contributed by atoms with Gasteiger partial charge in [0.1, 0.15) is 18.4 Å².